The normalized spacial score (nSPS) is 12.6. The first-order valence-corrected chi connectivity index (χ1v) is 6.59. The number of anilines is 1. The summed E-state index contributed by atoms with van der Waals surface area (Å²) in [5, 5.41) is 5.23. The van der Waals surface area contributed by atoms with Crippen LogP contribution in [0.15, 0.2) is 42.9 Å². The summed E-state index contributed by atoms with van der Waals surface area (Å²) in [5.41, 5.74) is 2.10. The number of aryl methyl sites for hydroxylation is 1. The average Bonchev–Trinajstić information content (AvgIpc) is 2.88. The highest BCUT2D eigenvalue weighted by Gasteiger charge is 2.17. The number of hydrogen-bond acceptors (Lipinski definition) is 4. The molecule has 0 bridgehead atoms. The average molecular weight is 267 g/mol. The largest absolute Gasteiger partial charge is 0.352 e. The number of benzene rings is 1. The first-order chi connectivity index (χ1) is 9.68. The van der Waals surface area contributed by atoms with Crippen molar-refractivity contribution in [1.82, 2.24) is 19.7 Å². The van der Waals surface area contributed by atoms with Gasteiger partial charge in [0.15, 0.2) is 5.65 Å². The molecule has 0 N–H and O–H groups in total. The molecule has 1 aromatic carbocycles. The van der Waals surface area contributed by atoms with E-state index in [0.29, 0.717) is 0 Å². The Morgan fingerprint density at radius 3 is 2.65 bits per heavy atom. The van der Waals surface area contributed by atoms with Crippen LogP contribution >= 0.6 is 0 Å². The van der Waals surface area contributed by atoms with Crippen LogP contribution in [0.4, 0.5) is 5.82 Å². The van der Waals surface area contributed by atoms with Gasteiger partial charge in [-0.3, -0.25) is 4.68 Å². The Bertz CT molecular complexity index is 719. The second-order valence-corrected chi connectivity index (χ2v) is 4.90. The predicted molar refractivity (Wildman–Crippen MR) is 79.6 cm³/mol. The molecule has 0 aliphatic rings. The van der Waals surface area contributed by atoms with Crippen LogP contribution in [-0.2, 0) is 7.05 Å². The standard InChI is InChI=1S/C15H17N5/c1-11(12-7-5-4-6-8-12)19(2)14-13-9-18-20(3)15(13)17-10-16-14/h4-11H,1-3H3. The number of hydrogen-bond donors (Lipinski definition) is 0. The molecule has 0 aliphatic heterocycles. The molecule has 3 rings (SSSR count). The van der Waals surface area contributed by atoms with Gasteiger partial charge in [-0.1, -0.05) is 30.3 Å². The third-order valence-electron chi connectivity index (χ3n) is 3.71. The minimum absolute atomic E-state index is 0.231. The minimum atomic E-state index is 0.231. The summed E-state index contributed by atoms with van der Waals surface area (Å²) >= 11 is 0. The zero-order valence-corrected chi connectivity index (χ0v) is 11.9. The lowest BCUT2D eigenvalue weighted by Gasteiger charge is -2.26. The first kappa shape index (κ1) is 12.6. The van der Waals surface area contributed by atoms with Crippen LogP contribution in [0.25, 0.3) is 11.0 Å². The third kappa shape index (κ3) is 2.01. The van der Waals surface area contributed by atoms with E-state index in [1.807, 2.05) is 26.4 Å². The molecule has 0 amide bonds. The zero-order chi connectivity index (χ0) is 14.1. The van der Waals surface area contributed by atoms with Crippen LogP contribution in [0.1, 0.15) is 18.5 Å². The Labute approximate surface area is 117 Å². The molecule has 0 aliphatic carbocycles. The van der Waals surface area contributed by atoms with Crippen LogP contribution in [0.3, 0.4) is 0 Å². The van der Waals surface area contributed by atoms with Gasteiger partial charge in [0, 0.05) is 14.1 Å². The lowest BCUT2D eigenvalue weighted by atomic mass is 10.1. The van der Waals surface area contributed by atoms with Gasteiger partial charge in [-0.25, -0.2) is 9.97 Å². The van der Waals surface area contributed by atoms with E-state index in [9.17, 15) is 0 Å². The predicted octanol–water partition coefficient (Wildman–Crippen LogP) is 2.56. The lowest BCUT2D eigenvalue weighted by Crippen LogP contribution is -2.22. The van der Waals surface area contributed by atoms with Gasteiger partial charge in [0.05, 0.1) is 17.6 Å². The summed E-state index contributed by atoms with van der Waals surface area (Å²) in [6, 6.07) is 10.6. The molecule has 2 heterocycles. The van der Waals surface area contributed by atoms with E-state index in [-0.39, 0.29) is 6.04 Å². The van der Waals surface area contributed by atoms with Gasteiger partial charge in [0.25, 0.3) is 0 Å². The van der Waals surface area contributed by atoms with Crippen molar-refractivity contribution < 1.29 is 0 Å². The maximum Gasteiger partial charge on any atom is 0.163 e. The van der Waals surface area contributed by atoms with Crippen molar-refractivity contribution in [3.63, 3.8) is 0 Å². The summed E-state index contributed by atoms with van der Waals surface area (Å²) in [5.74, 6) is 0.902. The molecule has 5 nitrogen and oxygen atoms in total. The lowest BCUT2D eigenvalue weighted by molar-refractivity contribution is 0.730. The second kappa shape index (κ2) is 4.92. The highest BCUT2D eigenvalue weighted by atomic mass is 15.3. The van der Waals surface area contributed by atoms with Crippen molar-refractivity contribution in [3.8, 4) is 0 Å². The van der Waals surface area contributed by atoms with Gasteiger partial charge in [-0.2, -0.15) is 5.10 Å². The van der Waals surface area contributed by atoms with Crippen LogP contribution in [-0.4, -0.2) is 26.8 Å². The smallest absolute Gasteiger partial charge is 0.163 e. The maximum absolute atomic E-state index is 4.43. The molecule has 2 aromatic heterocycles. The molecule has 0 spiro atoms. The van der Waals surface area contributed by atoms with Gasteiger partial charge in [-0.15, -0.1) is 0 Å². The summed E-state index contributed by atoms with van der Waals surface area (Å²) in [6.07, 6.45) is 3.41. The number of rotatable bonds is 3. The van der Waals surface area contributed by atoms with E-state index >= 15 is 0 Å². The quantitative estimate of drug-likeness (QED) is 0.731. The van der Waals surface area contributed by atoms with Gasteiger partial charge in [0.2, 0.25) is 0 Å². The summed E-state index contributed by atoms with van der Waals surface area (Å²) in [4.78, 5) is 10.9. The van der Waals surface area contributed by atoms with Crippen molar-refractivity contribution in [1.29, 1.82) is 0 Å². The molecule has 0 saturated carbocycles. The van der Waals surface area contributed by atoms with Crippen molar-refractivity contribution in [2.75, 3.05) is 11.9 Å². The van der Waals surface area contributed by atoms with Gasteiger partial charge in [0.1, 0.15) is 12.1 Å². The molecular formula is C15H17N5. The molecule has 0 fully saturated rings. The van der Waals surface area contributed by atoms with Crippen LogP contribution in [0, 0.1) is 0 Å². The fourth-order valence-corrected chi connectivity index (χ4v) is 2.37. The monoisotopic (exact) mass is 267 g/mol. The molecular weight excluding hydrogens is 250 g/mol. The van der Waals surface area contributed by atoms with Gasteiger partial charge >= 0.3 is 0 Å². The highest BCUT2D eigenvalue weighted by Crippen LogP contribution is 2.28. The van der Waals surface area contributed by atoms with Crippen molar-refractivity contribution >= 4 is 16.9 Å². The van der Waals surface area contributed by atoms with Crippen LogP contribution < -0.4 is 4.90 Å². The zero-order valence-electron chi connectivity index (χ0n) is 11.9. The van der Waals surface area contributed by atoms with E-state index in [1.165, 1.54) is 5.56 Å². The van der Waals surface area contributed by atoms with E-state index < -0.39 is 0 Å². The molecule has 0 radical (unpaired) electrons. The molecule has 102 valence electrons. The van der Waals surface area contributed by atoms with Crippen LogP contribution in [0.2, 0.25) is 0 Å². The summed E-state index contributed by atoms with van der Waals surface area (Å²) < 4.78 is 1.77. The fraction of sp³-hybridized carbons (Fsp3) is 0.267. The Morgan fingerprint density at radius 2 is 1.90 bits per heavy atom. The van der Waals surface area contributed by atoms with Gasteiger partial charge < -0.3 is 4.90 Å². The van der Waals surface area contributed by atoms with Gasteiger partial charge in [-0.05, 0) is 12.5 Å². The molecule has 3 aromatic rings. The molecule has 5 heteroatoms. The van der Waals surface area contributed by atoms with E-state index in [4.69, 9.17) is 0 Å². The summed E-state index contributed by atoms with van der Waals surface area (Å²) in [6.45, 7) is 2.17. The van der Waals surface area contributed by atoms with E-state index in [2.05, 4.69) is 51.2 Å². The van der Waals surface area contributed by atoms with Crippen molar-refractivity contribution in [3.05, 3.63) is 48.4 Å². The maximum atomic E-state index is 4.43. The second-order valence-electron chi connectivity index (χ2n) is 4.90. The number of nitrogens with zero attached hydrogens (tertiary/aromatic N) is 5. The minimum Gasteiger partial charge on any atom is -0.352 e. The van der Waals surface area contributed by atoms with Crippen LogP contribution in [0.5, 0.6) is 0 Å². The highest BCUT2D eigenvalue weighted by molar-refractivity contribution is 5.86. The topological polar surface area (TPSA) is 46.8 Å². The summed E-state index contributed by atoms with van der Waals surface area (Å²) in [7, 11) is 3.94. The molecule has 20 heavy (non-hydrogen) atoms. The first-order valence-electron chi connectivity index (χ1n) is 6.59. The fourth-order valence-electron chi connectivity index (χ4n) is 2.37. The Hall–Kier alpha value is -2.43. The number of fused-ring (bicyclic) bond motifs is 1. The molecule has 1 atom stereocenters. The molecule has 1 unspecified atom stereocenters. The number of aromatic nitrogens is 4. The van der Waals surface area contributed by atoms with Crippen molar-refractivity contribution in [2.24, 2.45) is 7.05 Å². The Balaban J connectivity index is 2.02. The SMILES string of the molecule is CC(c1ccccc1)N(C)c1ncnc2c1cnn2C. The Kier molecular flexibility index (Phi) is 3.10. The van der Waals surface area contributed by atoms with E-state index in [0.717, 1.165) is 16.9 Å². The van der Waals surface area contributed by atoms with E-state index in [1.54, 1.807) is 11.0 Å². The molecule has 0 saturated heterocycles. The third-order valence-corrected chi connectivity index (χ3v) is 3.71. The Morgan fingerprint density at radius 1 is 1.15 bits per heavy atom. The van der Waals surface area contributed by atoms with Crippen molar-refractivity contribution in [2.45, 2.75) is 13.0 Å².